The Hall–Kier alpha value is -3.44. The number of hydrogen-bond acceptors (Lipinski definition) is 6. The Morgan fingerprint density at radius 1 is 1.25 bits per heavy atom. The molecule has 3 atom stereocenters. The highest BCUT2D eigenvalue weighted by Crippen LogP contribution is 2.22. The van der Waals surface area contributed by atoms with E-state index in [9.17, 15) is 24.3 Å². The van der Waals surface area contributed by atoms with Gasteiger partial charge in [-0.15, -0.1) is 0 Å². The van der Waals surface area contributed by atoms with Crippen LogP contribution in [0.1, 0.15) is 18.4 Å². The first-order valence-electron chi connectivity index (χ1n) is 10.3. The Bertz CT molecular complexity index is 1010. The fraction of sp³-hybridized carbons (Fsp3) is 0.429. The number of amides is 3. The highest BCUT2D eigenvalue weighted by Gasteiger charge is 2.37. The summed E-state index contributed by atoms with van der Waals surface area (Å²) < 4.78 is 0. The van der Waals surface area contributed by atoms with Crippen molar-refractivity contribution in [3.63, 3.8) is 0 Å². The molecule has 3 amide bonds. The third-order valence-electron chi connectivity index (χ3n) is 5.50. The van der Waals surface area contributed by atoms with Gasteiger partial charge in [-0.05, 0) is 30.9 Å². The average molecular weight is 445 g/mol. The Balaban J connectivity index is 1.63. The summed E-state index contributed by atoms with van der Waals surface area (Å²) in [5, 5.41) is 23.5. The molecular weight excluding hydrogens is 418 g/mol. The predicted molar refractivity (Wildman–Crippen MR) is 114 cm³/mol. The van der Waals surface area contributed by atoms with Crippen LogP contribution in [0.2, 0.25) is 0 Å². The van der Waals surface area contributed by atoms with Crippen molar-refractivity contribution in [2.24, 2.45) is 5.73 Å². The van der Waals surface area contributed by atoms with Crippen LogP contribution in [-0.2, 0) is 25.6 Å². The molecule has 1 aromatic carbocycles. The third kappa shape index (κ3) is 5.24. The molecule has 0 saturated carbocycles. The maximum atomic E-state index is 13.0. The maximum absolute atomic E-state index is 13.0. The lowest BCUT2D eigenvalue weighted by atomic mass is 10.0. The molecule has 11 heteroatoms. The van der Waals surface area contributed by atoms with Crippen molar-refractivity contribution >= 4 is 34.6 Å². The monoisotopic (exact) mass is 445 g/mol. The molecule has 1 aliphatic heterocycles. The van der Waals surface area contributed by atoms with Gasteiger partial charge in [0, 0.05) is 23.6 Å². The Labute approximate surface area is 183 Å². The summed E-state index contributed by atoms with van der Waals surface area (Å²) in [5.74, 6) is -3.04. The van der Waals surface area contributed by atoms with Gasteiger partial charge in [-0.25, -0.2) is 0 Å². The molecule has 32 heavy (non-hydrogen) atoms. The number of rotatable bonds is 9. The van der Waals surface area contributed by atoms with Crippen LogP contribution in [0.3, 0.4) is 0 Å². The van der Waals surface area contributed by atoms with Crippen molar-refractivity contribution in [1.82, 2.24) is 20.5 Å². The van der Waals surface area contributed by atoms with Crippen LogP contribution in [0.15, 0.2) is 30.5 Å². The van der Waals surface area contributed by atoms with Crippen LogP contribution in [0.4, 0.5) is 0 Å². The molecule has 1 aliphatic rings. The number of carbonyl (C=O) groups is 4. The lowest BCUT2D eigenvalue weighted by Crippen LogP contribution is -2.56. The molecule has 0 aliphatic carbocycles. The molecule has 1 aromatic heterocycles. The van der Waals surface area contributed by atoms with Gasteiger partial charge < -0.3 is 36.5 Å². The first-order valence-corrected chi connectivity index (χ1v) is 10.3. The second-order valence-electron chi connectivity index (χ2n) is 7.72. The Kier molecular flexibility index (Phi) is 7.44. The lowest BCUT2D eigenvalue weighted by molar-refractivity contribution is -0.141. The molecule has 2 heterocycles. The van der Waals surface area contributed by atoms with E-state index in [-0.39, 0.29) is 5.91 Å². The quantitative estimate of drug-likeness (QED) is 0.278. The van der Waals surface area contributed by atoms with E-state index in [2.05, 4.69) is 15.6 Å². The summed E-state index contributed by atoms with van der Waals surface area (Å²) in [6, 6.07) is 4.68. The van der Waals surface area contributed by atoms with E-state index in [0.717, 1.165) is 16.5 Å². The number of carboxylic acid groups (broad SMARTS) is 1. The number of carbonyl (C=O) groups excluding carboxylic acids is 3. The predicted octanol–water partition coefficient (Wildman–Crippen LogP) is -1.29. The summed E-state index contributed by atoms with van der Waals surface area (Å²) in [6.07, 6.45) is 3.10. The number of fused-ring (bicyclic) bond motifs is 1. The number of aromatic amines is 1. The van der Waals surface area contributed by atoms with Gasteiger partial charge in [0.15, 0.2) is 0 Å². The summed E-state index contributed by atoms with van der Waals surface area (Å²) in [4.78, 5) is 52.9. The summed E-state index contributed by atoms with van der Waals surface area (Å²) in [5.41, 5.74) is 8.03. The number of aliphatic hydroxyl groups excluding tert-OH is 1. The minimum Gasteiger partial charge on any atom is -0.480 e. The smallest absolute Gasteiger partial charge is 0.322 e. The number of nitrogens with one attached hydrogen (secondary N) is 3. The number of aromatic nitrogens is 1. The molecule has 1 fully saturated rings. The zero-order valence-electron chi connectivity index (χ0n) is 17.4. The van der Waals surface area contributed by atoms with E-state index in [1.807, 2.05) is 30.5 Å². The number of likely N-dealkylation sites (tertiary alicyclic amines) is 1. The van der Waals surface area contributed by atoms with Crippen molar-refractivity contribution in [2.45, 2.75) is 37.4 Å². The van der Waals surface area contributed by atoms with Crippen molar-refractivity contribution in [3.8, 4) is 0 Å². The van der Waals surface area contributed by atoms with Crippen molar-refractivity contribution < 1.29 is 29.4 Å². The number of nitrogens with two attached hydrogens (primary N) is 1. The highest BCUT2D eigenvalue weighted by atomic mass is 16.4. The minimum atomic E-state index is -1.32. The molecule has 172 valence electrons. The number of para-hydroxylation sites is 1. The zero-order valence-corrected chi connectivity index (χ0v) is 17.4. The molecule has 1 saturated heterocycles. The van der Waals surface area contributed by atoms with Gasteiger partial charge in [0.25, 0.3) is 0 Å². The molecule has 0 radical (unpaired) electrons. The zero-order chi connectivity index (χ0) is 23.3. The van der Waals surface area contributed by atoms with Crippen LogP contribution in [-0.4, -0.2) is 81.6 Å². The van der Waals surface area contributed by atoms with Gasteiger partial charge in [0.1, 0.15) is 18.6 Å². The number of benzene rings is 1. The van der Waals surface area contributed by atoms with Crippen molar-refractivity contribution in [1.29, 1.82) is 0 Å². The first-order chi connectivity index (χ1) is 15.3. The van der Waals surface area contributed by atoms with Gasteiger partial charge >= 0.3 is 5.97 Å². The third-order valence-corrected chi connectivity index (χ3v) is 5.50. The fourth-order valence-corrected chi connectivity index (χ4v) is 3.89. The van der Waals surface area contributed by atoms with Crippen molar-refractivity contribution in [2.75, 3.05) is 19.7 Å². The Morgan fingerprint density at radius 2 is 2.00 bits per heavy atom. The molecule has 11 nitrogen and oxygen atoms in total. The van der Waals surface area contributed by atoms with Gasteiger partial charge in [-0.1, -0.05) is 18.2 Å². The van der Waals surface area contributed by atoms with Crippen LogP contribution < -0.4 is 16.4 Å². The van der Waals surface area contributed by atoms with Crippen LogP contribution in [0.5, 0.6) is 0 Å². The topological polar surface area (TPSA) is 178 Å². The average Bonchev–Trinajstić information content (AvgIpc) is 3.43. The van der Waals surface area contributed by atoms with Crippen LogP contribution >= 0.6 is 0 Å². The first kappa shape index (κ1) is 23.2. The molecular formula is C21H27N5O6. The highest BCUT2D eigenvalue weighted by molar-refractivity contribution is 5.94. The second-order valence-corrected chi connectivity index (χ2v) is 7.72. The lowest BCUT2D eigenvalue weighted by Gasteiger charge is -2.28. The van der Waals surface area contributed by atoms with Crippen molar-refractivity contribution in [3.05, 3.63) is 36.0 Å². The van der Waals surface area contributed by atoms with Crippen LogP contribution in [0.25, 0.3) is 10.9 Å². The molecule has 7 N–H and O–H groups in total. The second kappa shape index (κ2) is 10.2. The Morgan fingerprint density at radius 3 is 2.72 bits per heavy atom. The molecule has 3 unspecified atom stereocenters. The van der Waals surface area contributed by atoms with Gasteiger partial charge in [0.05, 0.1) is 12.6 Å². The SMILES string of the molecule is NC(Cc1c[nH]c2ccccc12)C(=O)N1CCCC1C(=O)NC(CO)C(=O)NCC(=O)O. The standard InChI is InChI=1S/C21H27N5O6/c22-14(8-12-9-23-15-5-2-1-4-13(12)15)21(32)26-7-3-6-17(26)20(31)25-16(11-27)19(30)24-10-18(28)29/h1-2,4-5,9,14,16-17,23,27H,3,6-8,10-11,22H2,(H,24,30)(H,25,31)(H,28,29). The van der Waals surface area contributed by atoms with Crippen LogP contribution in [0, 0.1) is 0 Å². The number of hydrogen-bond donors (Lipinski definition) is 6. The van der Waals surface area contributed by atoms with Gasteiger partial charge in [-0.3, -0.25) is 19.2 Å². The van der Waals surface area contributed by atoms with Gasteiger partial charge in [-0.2, -0.15) is 0 Å². The number of nitrogens with zero attached hydrogens (tertiary/aromatic N) is 1. The summed E-state index contributed by atoms with van der Waals surface area (Å²) in [6.45, 7) is -0.993. The van der Waals surface area contributed by atoms with E-state index < -0.39 is 49.1 Å². The summed E-state index contributed by atoms with van der Waals surface area (Å²) in [7, 11) is 0. The van der Waals surface area contributed by atoms with E-state index in [0.29, 0.717) is 25.8 Å². The number of H-pyrrole nitrogens is 1. The molecule has 3 rings (SSSR count). The van der Waals surface area contributed by atoms with Gasteiger partial charge in [0.2, 0.25) is 17.7 Å². The van der Waals surface area contributed by atoms with E-state index in [4.69, 9.17) is 10.8 Å². The number of aliphatic carboxylic acids is 1. The molecule has 0 spiro atoms. The molecule has 0 bridgehead atoms. The summed E-state index contributed by atoms with van der Waals surface area (Å²) >= 11 is 0. The normalized spacial score (nSPS) is 17.7. The largest absolute Gasteiger partial charge is 0.480 e. The fourth-order valence-electron chi connectivity index (χ4n) is 3.89. The maximum Gasteiger partial charge on any atom is 0.322 e. The van der Waals surface area contributed by atoms with E-state index >= 15 is 0 Å². The molecule has 2 aromatic rings. The van der Waals surface area contributed by atoms with E-state index in [1.165, 1.54) is 4.90 Å². The van der Waals surface area contributed by atoms with E-state index in [1.54, 1.807) is 0 Å². The number of aliphatic hydroxyl groups is 1. The number of carboxylic acids is 1. The minimum absolute atomic E-state index is 0.296.